The Hall–Kier alpha value is -2.43. The van der Waals surface area contributed by atoms with Crippen molar-refractivity contribution in [3.8, 4) is 6.07 Å². The molecule has 0 N–H and O–H groups in total. The summed E-state index contributed by atoms with van der Waals surface area (Å²) in [7, 11) is -3.97. The standard InChI is InChI=1S/C17H11BrN2O3S/c18-13-7-6-12-10-16(17(21)8-9-19)20(15(12)11-13)24(22,23)14-4-2-1-3-5-14/h1-7,10-11H,8H2. The fraction of sp³-hybridized carbons (Fsp3) is 0.0588. The van der Waals surface area contributed by atoms with E-state index in [-0.39, 0.29) is 17.0 Å². The van der Waals surface area contributed by atoms with Crippen molar-refractivity contribution in [1.82, 2.24) is 3.97 Å². The molecule has 0 aliphatic rings. The van der Waals surface area contributed by atoms with E-state index in [0.29, 0.717) is 15.4 Å². The van der Waals surface area contributed by atoms with Gasteiger partial charge in [0.25, 0.3) is 10.0 Å². The zero-order valence-corrected chi connectivity index (χ0v) is 14.7. The number of Topliss-reactive ketones (excluding diaryl/α,β-unsaturated/α-hetero) is 1. The molecule has 120 valence electrons. The summed E-state index contributed by atoms with van der Waals surface area (Å²) >= 11 is 3.32. The van der Waals surface area contributed by atoms with Crippen molar-refractivity contribution in [3.05, 3.63) is 64.8 Å². The Labute approximate surface area is 147 Å². The van der Waals surface area contributed by atoms with E-state index < -0.39 is 15.8 Å². The van der Waals surface area contributed by atoms with Crippen LogP contribution in [0.3, 0.4) is 0 Å². The molecule has 0 saturated carbocycles. The molecule has 2 aromatic carbocycles. The first kappa shape index (κ1) is 16.4. The molecule has 0 amide bonds. The molecule has 3 aromatic rings. The number of nitrogens with zero attached hydrogens (tertiary/aromatic N) is 2. The number of carbonyl (C=O) groups excluding carboxylic acids is 1. The monoisotopic (exact) mass is 402 g/mol. The molecule has 0 fully saturated rings. The zero-order chi connectivity index (χ0) is 17.3. The summed E-state index contributed by atoms with van der Waals surface area (Å²) in [5.41, 5.74) is 0.364. The number of aromatic nitrogens is 1. The molecule has 24 heavy (non-hydrogen) atoms. The molecule has 0 bridgehead atoms. The molecule has 0 radical (unpaired) electrons. The maximum absolute atomic E-state index is 13.1. The SMILES string of the molecule is N#CCC(=O)c1cc2ccc(Br)cc2n1S(=O)(=O)c1ccccc1. The van der Waals surface area contributed by atoms with Gasteiger partial charge in [0, 0.05) is 9.86 Å². The van der Waals surface area contributed by atoms with Crippen LogP contribution in [0, 0.1) is 11.3 Å². The van der Waals surface area contributed by atoms with Crippen molar-refractivity contribution in [2.45, 2.75) is 11.3 Å². The summed E-state index contributed by atoms with van der Waals surface area (Å²) in [5, 5.41) is 9.40. The number of benzene rings is 2. The minimum atomic E-state index is -3.97. The Kier molecular flexibility index (Phi) is 4.26. The number of carbonyl (C=O) groups is 1. The third-order valence-electron chi connectivity index (χ3n) is 3.53. The van der Waals surface area contributed by atoms with E-state index >= 15 is 0 Å². The van der Waals surface area contributed by atoms with Gasteiger partial charge in [0.15, 0.2) is 5.78 Å². The highest BCUT2D eigenvalue weighted by Crippen LogP contribution is 2.28. The van der Waals surface area contributed by atoms with Crippen LogP contribution < -0.4 is 0 Å². The van der Waals surface area contributed by atoms with Crippen molar-refractivity contribution in [2.24, 2.45) is 0 Å². The van der Waals surface area contributed by atoms with Crippen LogP contribution >= 0.6 is 15.9 Å². The van der Waals surface area contributed by atoms with Crippen LogP contribution in [0.1, 0.15) is 16.9 Å². The highest BCUT2D eigenvalue weighted by Gasteiger charge is 2.26. The first-order chi connectivity index (χ1) is 11.4. The van der Waals surface area contributed by atoms with E-state index in [2.05, 4.69) is 15.9 Å². The molecule has 0 atom stereocenters. The average molecular weight is 403 g/mol. The smallest absolute Gasteiger partial charge is 0.268 e. The summed E-state index contributed by atoms with van der Waals surface area (Å²) in [6.07, 6.45) is -0.387. The molecule has 7 heteroatoms. The molecule has 0 saturated heterocycles. The van der Waals surface area contributed by atoms with Gasteiger partial charge in [-0.3, -0.25) is 4.79 Å². The Morgan fingerprint density at radius 2 is 1.83 bits per heavy atom. The summed E-state index contributed by atoms with van der Waals surface area (Å²) in [6, 6.07) is 16.3. The molecule has 0 aliphatic heterocycles. The largest absolute Gasteiger partial charge is 0.291 e. The van der Waals surface area contributed by atoms with Crippen LogP contribution in [-0.4, -0.2) is 18.2 Å². The molecule has 0 spiro atoms. The third-order valence-corrected chi connectivity index (χ3v) is 5.76. The number of nitriles is 1. The van der Waals surface area contributed by atoms with Gasteiger partial charge in [-0.15, -0.1) is 0 Å². The lowest BCUT2D eigenvalue weighted by molar-refractivity contribution is 0.0992. The molecule has 1 aromatic heterocycles. The molecule has 1 heterocycles. The quantitative estimate of drug-likeness (QED) is 0.622. The molecule has 0 unspecified atom stereocenters. The Balaban J connectivity index is 2.37. The molecule has 5 nitrogen and oxygen atoms in total. The van der Waals surface area contributed by atoms with Gasteiger partial charge in [-0.25, -0.2) is 12.4 Å². The van der Waals surface area contributed by atoms with Gasteiger partial charge in [-0.05, 0) is 30.3 Å². The lowest BCUT2D eigenvalue weighted by Gasteiger charge is -2.11. The van der Waals surface area contributed by atoms with Gasteiger partial charge in [0.1, 0.15) is 12.1 Å². The molecule has 3 rings (SSSR count). The third kappa shape index (κ3) is 2.75. The van der Waals surface area contributed by atoms with Gasteiger partial charge >= 0.3 is 0 Å². The fourth-order valence-corrected chi connectivity index (χ4v) is 4.35. The highest BCUT2D eigenvalue weighted by molar-refractivity contribution is 9.10. The van der Waals surface area contributed by atoms with Gasteiger partial charge in [0.05, 0.1) is 16.5 Å². The van der Waals surface area contributed by atoms with E-state index in [4.69, 9.17) is 5.26 Å². The van der Waals surface area contributed by atoms with Crippen molar-refractivity contribution < 1.29 is 13.2 Å². The maximum Gasteiger partial charge on any atom is 0.268 e. The minimum absolute atomic E-state index is 0.0199. The second-order valence-electron chi connectivity index (χ2n) is 5.07. The van der Waals surface area contributed by atoms with Crippen molar-refractivity contribution in [3.63, 3.8) is 0 Å². The fourth-order valence-electron chi connectivity index (χ4n) is 2.46. The second kappa shape index (κ2) is 6.23. The zero-order valence-electron chi connectivity index (χ0n) is 12.3. The maximum atomic E-state index is 13.1. The topological polar surface area (TPSA) is 79.9 Å². The van der Waals surface area contributed by atoms with Gasteiger partial charge in [0.2, 0.25) is 0 Å². The molecule has 0 aliphatic carbocycles. The average Bonchev–Trinajstić information content (AvgIpc) is 2.95. The lowest BCUT2D eigenvalue weighted by atomic mass is 10.2. The number of rotatable bonds is 4. The van der Waals surface area contributed by atoms with Crippen molar-refractivity contribution in [1.29, 1.82) is 5.26 Å². The van der Waals surface area contributed by atoms with Gasteiger partial charge in [-0.2, -0.15) is 5.26 Å². The normalized spacial score (nSPS) is 11.3. The number of ketones is 1. The first-order valence-electron chi connectivity index (χ1n) is 6.97. The van der Waals surface area contributed by atoms with E-state index in [9.17, 15) is 13.2 Å². The van der Waals surface area contributed by atoms with Gasteiger partial charge < -0.3 is 0 Å². The Bertz CT molecular complexity index is 1080. The predicted octanol–water partition coefficient (Wildman–Crippen LogP) is 3.74. The van der Waals surface area contributed by atoms with E-state index in [0.717, 1.165) is 3.97 Å². The number of hydrogen-bond acceptors (Lipinski definition) is 4. The van der Waals surface area contributed by atoms with Crippen LogP contribution in [0.2, 0.25) is 0 Å². The Morgan fingerprint density at radius 3 is 2.50 bits per heavy atom. The van der Waals surface area contributed by atoms with Crippen LogP contribution in [-0.2, 0) is 10.0 Å². The summed E-state index contributed by atoms with van der Waals surface area (Å²) in [6.45, 7) is 0. The number of hydrogen-bond donors (Lipinski definition) is 0. The van der Waals surface area contributed by atoms with Gasteiger partial charge in [-0.1, -0.05) is 40.2 Å². The van der Waals surface area contributed by atoms with Crippen LogP contribution in [0.4, 0.5) is 0 Å². The lowest BCUT2D eigenvalue weighted by Crippen LogP contribution is -2.18. The summed E-state index contributed by atoms with van der Waals surface area (Å²) < 4.78 is 27.8. The van der Waals surface area contributed by atoms with Crippen LogP contribution in [0.5, 0.6) is 0 Å². The van der Waals surface area contributed by atoms with E-state index in [1.807, 2.05) is 0 Å². The van der Waals surface area contributed by atoms with Crippen molar-refractivity contribution in [2.75, 3.05) is 0 Å². The summed E-state index contributed by atoms with van der Waals surface area (Å²) in [5.74, 6) is -0.538. The minimum Gasteiger partial charge on any atom is -0.291 e. The van der Waals surface area contributed by atoms with Crippen molar-refractivity contribution >= 4 is 42.6 Å². The second-order valence-corrected chi connectivity index (χ2v) is 7.78. The van der Waals surface area contributed by atoms with E-state index in [1.54, 1.807) is 42.5 Å². The Morgan fingerprint density at radius 1 is 1.12 bits per heavy atom. The number of halogens is 1. The van der Waals surface area contributed by atoms with Crippen LogP contribution in [0.25, 0.3) is 10.9 Å². The summed E-state index contributed by atoms with van der Waals surface area (Å²) in [4.78, 5) is 12.4. The molecular formula is C17H11BrN2O3S. The van der Waals surface area contributed by atoms with Crippen LogP contribution in [0.15, 0.2) is 64.0 Å². The number of fused-ring (bicyclic) bond motifs is 1. The predicted molar refractivity (Wildman–Crippen MR) is 93.2 cm³/mol. The van der Waals surface area contributed by atoms with E-state index in [1.165, 1.54) is 18.2 Å². The first-order valence-corrected chi connectivity index (χ1v) is 9.20. The molecular weight excluding hydrogens is 392 g/mol. The highest BCUT2D eigenvalue weighted by atomic mass is 79.9.